The summed E-state index contributed by atoms with van der Waals surface area (Å²) in [6.07, 6.45) is 0. The zero-order chi connectivity index (χ0) is 21.7. The number of benzene rings is 4. The van der Waals surface area contributed by atoms with Crippen molar-refractivity contribution in [2.75, 3.05) is 0 Å². The van der Waals surface area contributed by atoms with E-state index in [1.807, 2.05) is 13.0 Å². The van der Waals surface area contributed by atoms with Crippen LogP contribution in [0.1, 0.15) is 35.5 Å². The number of nitrogens with zero attached hydrogens (tertiary/aromatic N) is 1. The molecular formula is C28H24N2O2. The van der Waals surface area contributed by atoms with Gasteiger partial charge in [0.15, 0.2) is 11.5 Å². The molecule has 158 valence electrons. The second kappa shape index (κ2) is 7.50. The lowest BCUT2D eigenvalue weighted by molar-refractivity contribution is 0.303. The van der Waals surface area contributed by atoms with E-state index in [0.29, 0.717) is 12.5 Å². The zero-order valence-electron chi connectivity index (χ0n) is 18.2. The highest BCUT2D eigenvalue weighted by molar-refractivity contribution is 5.88. The number of fused-ring (bicyclic) bond motifs is 6. The van der Waals surface area contributed by atoms with Crippen LogP contribution in [0.4, 0.5) is 0 Å². The first-order valence-electron chi connectivity index (χ1n) is 11.0. The van der Waals surface area contributed by atoms with Crippen LogP contribution in [0.3, 0.4) is 0 Å². The van der Waals surface area contributed by atoms with Crippen molar-refractivity contribution >= 4 is 21.9 Å². The van der Waals surface area contributed by atoms with Crippen molar-refractivity contribution in [1.82, 2.24) is 10.3 Å². The van der Waals surface area contributed by atoms with Gasteiger partial charge in [-0.1, -0.05) is 48.5 Å². The van der Waals surface area contributed by atoms with Gasteiger partial charge >= 0.3 is 0 Å². The summed E-state index contributed by atoms with van der Waals surface area (Å²) in [7, 11) is 0. The van der Waals surface area contributed by atoms with Crippen LogP contribution in [0.15, 0.2) is 77.2 Å². The number of oxazole rings is 1. The molecule has 1 aliphatic rings. The summed E-state index contributed by atoms with van der Waals surface area (Å²) in [5.74, 6) is 1.60. The fourth-order valence-corrected chi connectivity index (χ4v) is 4.74. The van der Waals surface area contributed by atoms with Crippen LogP contribution >= 0.6 is 0 Å². The Kier molecular flexibility index (Phi) is 4.47. The largest absolute Gasteiger partial charge is 0.488 e. The molecule has 1 atom stereocenters. The van der Waals surface area contributed by atoms with Crippen molar-refractivity contribution in [3.05, 3.63) is 95.4 Å². The van der Waals surface area contributed by atoms with E-state index in [0.717, 1.165) is 34.5 Å². The Hall–Kier alpha value is -3.63. The molecule has 1 aliphatic heterocycles. The van der Waals surface area contributed by atoms with Gasteiger partial charge in [0.1, 0.15) is 17.9 Å². The highest BCUT2D eigenvalue weighted by Crippen LogP contribution is 2.41. The van der Waals surface area contributed by atoms with Crippen molar-refractivity contribution in [3.63, 3.8) is 0 Å². The second-order valence-electron chi connectivity index (χ2n) is 8.46. The summed E-state index contributed by atoms with van der Waals surface area (Å²) in [6, 6.07) is 25.9. The minimum Gasteiger partial charge on any atom is -0.488 e. The Balaban J connectivity index is 1.29. The molecule has 4 aromatic carbocycles. The van der Waals surface area contributed by atoms with E-state index in [9.17, 15) is 0 Å². The molecule has 4 heteroatoms. The second-order valence-corrected chi connectivity index (χ2v) is 8.46. The maximum absolute atomic E-state index is 6.06. The lowest BCUT2D eigenvalue weighted by atomic mass is 9.94. The molecule has 0 bridgehead atoms. The smallest absolute Gasteiger partial charge is 0.192 e. The molecule has 0 saturated heterocycles. The van der Waals surface area contributed by atoms with Crippen LogP contribution in [0.25, 0.3) is 33.0 Å². The molecule has 1 aromatic heterocycles. The first-order chi connectivity index (χ1) is 15.7. The van der Waals surface area contributed by atoms with Gasteiger partial charge in [-0.25, -0.2) is 4.98 Å². The highest BCUT2D eigenvalue weighted by Gasteiger charge is 2.22. The topological polar surface area (TPSA) is 47.3 Å². The van der Waals surface area contributed by atoms with Gasteiger partial charge in [0.25, 0.3) is 0 Å². The third-order valence-corrected chi connectivity index (χ3v) is 6.38. The Labute approximate surface area is 186 Å². The van der Waals surface area contributed by atoms with E-state index >= 15 is 0 Å². The summed E-state index contributed by atoms with van der Waals surface area (Å²) < 4.78 is 11.8. The van der Waals surface area contributed by atoms with Gasteiger partial charge in [0.2, 0.25) is 0 Å². The zero-order valence-corrected chi connectivity index (χ0v) is 18.2. The van der Waals surface area contributed by atoms with Gasteiger partial charge in [-0.05, 0) is 58.7 Å². The average molecular weight is 421 g/mol. The third kappa shape index (κ3) is 3.15. The first kappa shape index (κ1) is 19.1. The van der Waals surface area contributed by atoms with Crippen LogP contribution in [0, 0.1) is 6.92 Å². The number of hydrogen-bond acceptors (Lipinski definition) is 4. The summed E-state index contributed by atoms with van der Waals surface area (Å²) in [5.41, 5.74) is 7.65. The normalized spacial score (nSPS) is 13.6. The Morgan fingerprint density at radius 2 is 1.84 bits per heavy atom. The fourth-order valence-electron chi connectivity index (χ4n) is 4.74. The van der Waals surface area contributed by atoms with Gasteiger partial charge in [0, 0.05) is 30.6 Å². The van der Waals surface area contributed by atoms with Gasteiger partial charge in [-0.2, -0.15) is 0 Å². The number of nitrogens with one attached hydrogen (secondary N) is 1. The monoisotopic (exact) mass is 420 g/mol. The molecule has 6 rings (SSSR count). The van der Waals surface area contributed by atoms with Crippen molar-refractivity contribution in [2.45, 2.75) is 33.0 Å². The minimum atomic E-state index is 0.235. The van der Waals surface area contributed by atoms with Crippen molar-refractivity contribution < 1.29 is 9.15 Å². The van der Waals surface area contributed by atoms with E-state index in [-0.39, 0.29) is 6.04 Å². The number of hydrogen-bond donors (Lipinski definition) is 1. The van der Waals surface area contributed by atoms with Gasteiger partial charge in [-0.3, -0.25) is 0 Å². The SMILES string of the molecule is Cc1nc2c3c(ccc2o1)-c1cc(CN[C@H](C)c2cccc4ccccc24)ccc1OC3. The van der Waals surface area contributed by atoms with Crippen LogP contribution in [0.5, 0.6) is 5.75 Å². The van der Waals surface area contributed by atoms with Crippen LogP contribution in [-0.2, 0) is 13.2 Å². The molecule has 0 fully saturated rings. The summed E-state index contributed by atoms with van der Waals surface area (Å²) in [6.45, 7) is 5.40. The molecule has 0 spiro atoms. The van der Waals surface area contributed by atoms with E-state index in [2.05, 4.69) is 84.0 Å². The summed E-state index contributed by atoms with van der Waals surface area (Å²) in [5, 5.41) is 6.28. The molecule has 2 heterocycles. The van der Waals surface area contributed by atoms with Crippen LogP contribution in [-0.4, -0.2) is 4.98 Å². The van der Waals surface area contributed by atoms with Gasteiger partial charge < -0.3 is 14.5 Å². The summed E-state index contributed by atoms with van der Waals surface area (Å²) in [4.78, 5) is 4.58. The number of ether oxygens (including phenoxy) is 1. The highest BCUT2D eigenvalue weighted by atomic mass is 16.5. The first-order valence-corrected chi connectivity index (χ1v) is 11.0. The Morgan fingerprint density at radius 1 is 0.969 bits per heavy atom. The van der Waals surface area contributed by atoms with Crippen LogP contribution in [0.2, 0.25) is 0 Å². The molecule has 1 N–H and O–H groups in total. The summed E-state index contributed by atoms with van der Waals surface area (Å²) >= 11 is 0. The predicted molar refractivity (Wildman–Crippen MR) is 128 cm³/mol. The molecule has 0 saturated carbocycles. The quantitative estimate of drug-likeness (QED) is 0.351. The van der Waals surface area contributed by atoms with Crippen molar-refractivity contribution in [3.8, 4) is 16.9 Å². The molecule has 0 radical (unpaired) electrons. The maximum atomic E-state index is 6.06. The van der Waals surface area contributed by atoms with Crippen LogP contribution < -0.4 is 10.1 Å². The Morgan fingerprint density at radius 3 is 2.78 bits per heavy atom. The standard InChI is InChI=1S/C28H24N2O2/c1-17(21-9-5-7-20-6-3-4-8-22(20)21)29-15-19-10-12-26-24(14-19)23-11-13-27-28(25(23)16-31-26)30-18(2)32-27/h3-14,17,29H,15-16H2,1-2H3/t17-/m1/s1. The number of aromatic nitrogens is 1. The molecule has 4 nitrogen and oxygen atoms in total. The van der Waals surface area contributed by atoms with Gasteiger partial charge in [0.05, 0.1) is 0 Å². The fraction of sp³-hybridized carbons (Fsp3) is 0.179. The van der Waals surface area contributed by atoms with Crippen molar-refractivity contribution in [2.24, 2.45) is 0 Å². The lowest BCUT2D eigenvalue weighted by Crippen LogP contribution is -2.18. The molecule has 5 aromatic rings. The molecule has 32 heavy (non-hydrogen) atoms. The predicted octanol–water partition coefficient (Wildman–Crippen LogP) is 6.70. The minimum absolute atomic E-state index is 0.235. The van der Waals surface area contributed by atoms with E-state index in [4.69, 9.17) is 9.15 Å². The molecule has 0 unspecified atom stereocenters. The third-order valence-electron chi connectivity index (χ3n) is 6.38. The van der Waals surface area contributed by atoms with E-state index < -0.39 is 0 Å². The lowest BCUT2D eigenvalue weighted by Gasteiger charge is -2.22. The van der Waals surface area contributed by atoms with Crippen molar-refractivity contribution in [1.29, 1.82) is 0 Å². The average Bonchev–Trinajstić information content (AvgIpc) is 3.22. The van der Waals surface area contributed by atoms with E-state index in [1.54, 1.807) is 0 Å². The Bertz CT molecular complexity index is 1460. The van der Waals surface area contributed by atoms with E-state index in [1.165, 1.54) is 27.5 Å². The number of aryl methyl sites for hydroxylation is 1. The maximum Gasteiger partial charge on any atom is 0.192 e. The molecular weight excluding hydrogens is 396 g/mol. The van der Waals surface area contributed by atoms with Gasteiger partial charge in [-0.15, -0.1) is 0 Å². The molecule has 0 aliphatic carbocycles. The number of rotatable bonds is 4. The molecule has 0 amide bonds.